The molecule has 0 saturated carbocycles. The maximum absolute atomic E-state index is 5.09. The lowest BCUT2D eigenvalue weighted by Gasteiger charge is -2.41. The first-order valence-corrected chi connectivity index (χ1v) is 18.3. The summed E-state index contributed by atoms with van der Waals surface area (Å²) in [6.45, 7) is 4.92. The van der Waals surface area contributed by atoms with Crippen molar-refractivity contribution < 1.29 is 0 Å². The number of hydrogen-bond acceptors (Lipinski definition) is 5. The molecule has 0 fully saturated rings. The van der Waals surface area contributed by atoms with Crippen molar-refractivity contribution in [1.82, 2.24) is 15.0 Å². The zero-order chi connectivity index (χ0) is 29.0. The molecule has 206 valence electrons. The number of nitrogens with zero attached hydrogens (tertiary/aromatic N) is 4. The SMILES string of the molecule is C[Si]1(C)c2ccccc2N(c2cccc3scc(-c4nc(-c5ccccc5)nc(-c5ccccc5)n4)c23)c2ccccc21. The maximum Gasteiger partial charge on any atom is 0.165 e. The first-order chi connectivity index (χ1) is 21.1. The van der Waals surface area contributed by atoms with Crippen molar-refractivity contribution in [2.45, 2.75) is 13.1 Å². The van der Waals surface area contributed by atoms with Gasteiger partial charge in [-0.15, -0.1) is 11.3 Å². The molecule has 0 aliphatic carbocycles. The molecule has 0 radical (unpaired) electrons. The van der Waals surface area contributed by atoms with Gasteiger partial charge in [0, 0.05) is 43.5 Å². The zero-order valence-corrected chi connectivity index (χ0v) is 25.7. The Morgan fingerprint density at radius 2 is 1.00 bits per heavy atom. The zero-order valence-electron chi connectivity index (χ0n) is 23.9. The summed E-state index contributed by atoms with van der Waals surface area (Å²) in [6.07, 6.45) is 0. The van der Waals surface area contributed by atoms with Gasteiger partial charge in [-0.25, -0.2) is 15.0 Å². The van der Waals surface area contributed by atoms with Crippen molar-refractivity contribution in [2.24, 2.45) is 0 Å². The molecule has 0 bridgehead atoms. The van der Waals surface area contributed by atoms with Crippen LogP contribution in [0, 0.1) is 0 Å². The summed E-state index contributed by atoms with van der Waals surface area (Å²) in [5.41, 5.74) is 6.61. The molecular weight excluding hydrogens is 561 g/mol. The molecule has 0 saturated heterocycles. The van der Waals surface area contributed by atoms with Crippen LogP contribution in [-0.4, -0.2) is 23.0 Å². The Balaban J connectivity index is 1.39. The molecule has 5 aromatic carbocycles. The van der Waals surface area contributed by atoms with Crippen LogP contribution in [0.3, 0.4) is 0 Å². The van der Waals surface area contributed by atoms with E-state index in [1.165, 1.54) is 26.4 Å². The first-order valence-electron chi connectivity index (χ1n) is 14.5. The second-order valence-electron chi connectivity index (χ2n) is 11.3. The number of para-hydroxylation sites is 2. The third-order valence-electron chi connectivity index (χ3n) is 8.40. The van der Waals surface area contributed by atoms with Crippen LogP contribution in [0.15, 0.2) is 133 Å². The molecule has 0 amide bonds. The fourth-order valence-electron chi connectivity index (χ4n) is 6.28. The van der Waals surface area contributed by atoms with Crippen LogP contribution < -0.4 is 15.3 Å². The van der Waals surface area contributed by atoms with E-state index in [9.17, 15) is 0 Å². The van der Waals surface area contributed by atoms with Crippen molar-refractivity contribution in [3.8, 4) is 34.2 Å². The van der Waals surface area contributed by atoms with E-state index in [4.69, 9.17) is 15.0 Å². The van der Waals surface area contributed by atoms with Gasteiger partial charge < -0.3 is 4.90 Å². The second-order valence-corrected chi connectivity index (χ2v) is 16.6. The Bertz CT molecular complexity index is 2020. The summed E-state index contributed by atoms with van der Waals surface area (Å²) >= 11 is 1.73. The molecule has 4 nitrogen and oxygen atoms in total. The highest BCUT2D eigenvalue weighted by Gasteiger charge is 2.38. The Hall–Kier alpha value is -4.91. The number of benzene rings is 5. The Kier molecular flexibility index (Phi) is 6.06. The smallest absolute Gasteiger partial charge is 0.165 e. The fourth-order valence-corrected chi connectivity index (χ4v) is 10.2. The quantitative estimate of drug-likeness (QED) is 0.193. The van der Waals surface area contributed by atoms with E-state index >= 15 is 0 Å². The molecule has 2 aromatic heterocycles. The number of aromatic nitrogens is 3. The van der Waals surface area contributed by atoms with E-state index in [2.05, 4.69) is 114 Å². The number of thiophene rings is 1. The standard InChI is InChI=1S/C37H28N4SSi/c1-43(2)32-22-11-9-18-28(32)41(29-19-10-12-23-33(29)43)30-20-13-21-31-34(30)27(24-42-31)37-39-35(25-14-5-3-6-15-25)38-36(40-37)26-16-7-4-8-17-26/h3-24H,1-2H3. The van der Waals surface area contributed by atoms with E-state index in [0.717, 1.165) is 27.8 Å². The first kappa shape index (κ1) is 25.8. The van der Waals surface area contributed by atoms with Gasteiger partial charge in [-0.2, -0.15) is 0 Å². The van der Waals surface area contributed by atoms with E-state index < -0.39 is 8.07 Å². The predicted molar refractivity (Wildman–Crippen MR) is 183 cm³/mol. The van der Waals surface area contributed by atoms with Crippen LogP contribution in [0.2, 0.25) is 13.1 Å². The van der Waals surface area contributed by atoms with E-state index in [1.54, 1.807) is 11.3 Å². The molecule has 3 heterocycles. The van der Waals surface area contributed by atoms with Gasteiger partial charge in [0.15, 0.2) is 17.5 Å². The van der Waals surface area contributed by atoms with Gasteiger partial charge in [0.1, 0.15) is 8.07 Å². The summed E-state index contributed by atoms with van der Waals surface area (Å²) in [5, 5.41) is 6.25. The lowest BCUT2D eigenvalue weighted by Crippen LogP contribution is -2.58. The third-order valence-corrected chi connectivity index (χ3v) is 12.9. The van der Waals surface area contributed by atoms with Gasteiger partial charge in [0.25, 0.3) is 0 Å². The normalized spacial score (nSPS) is 13.5. The summed E-state index contributed by atoms with van der Waals surface area (Å²) in [7, 11) is -1.90. The number of hydrogen-bond donors (Lipinski definition) is 0. The van der Waals surface area contributed by atoms with Crippen molar-refractivity contribution in [2.75, 3.05) is 4.90 Å². The summed E-state index contributed by atoms with van der Waals surface area (Å²) in [5.74, 6) is 2.02. The lowest BCUT2D eigenvalue weighted by atomic mass is 10.1. The van der Waals surface area contributed by atoms with Crippen LogP contribution in [0.5, 0.6) is 0 Å². The monoisotopic (exact) mass is 588 g/mol. The molecule has 0 N–H and O–H groups in total. The average molecular weight is 589 g/mol. The van der Waals surface area contributed by atoms with Gasteiger partial charge in [0.05, 0.1) is 5.69 Å². The molecule has 8 rings (SSSR count). The second kappa shape index (κ2) is 10.1. The van der Waals surface area contributed by atoms with Crippen LogP contribution >= 0.6 is 11.3 Å². The molecule has 1 aliphatic heterocycles. The Morgan fingerprint density at radius 1 is 0.512 bits per heavy atom. The molecule has 0 spiro atoms. The van der Waals surface area contributed by atoms with Crippen LogP contribution in [-0.2, 0) is 0 Å². The molecule has 0 atom stereocenters. The third kappa shape index (κ3) is 4.21. The topological polar surface area (TPSA) is 41.9 Å². The average Bonchev–Trinajstić information content (AvgIpc) is 3.51. The van der Waals surface area contributed by atoms with Gasteiger partial charge in [-0.05, 0) is 34.6 Å². The molecule has 43 heavy (non-hydrogen) atoms. The Labute approximate surface area is 256 Å². The number of anilines is 3. The molecule has 0 unspecified atom stereocenters. The minimum absolute atomic E-state index is 0.669. The minimum atomic E-state index is -1.90. The lowest BCUT2D eigenvalue weighted by molar-refractivity contribution is 1.08. The summed E-state index contributed by atoms with van der Waals surface area (Å²) in [4.78, 5) is 17.6. The molecular formula is C37H28N4SSi. The highest BCUT2D eigenvalue weighted by Crippen LogP contribution is 2.46. The van der Waals surface area contributed by atoms with E-state index in [-0.39, 0.29) is 0 Å². The highest BCUT2D eigenvalue weighted by atomic mass is 32.1. The van der Waals surface area contributed by atoms with E-state index in [1.807, 2.05) is 36.4 Å². The summed E-state index contributed by atoms with van der Waals surface area (Å²) in [6, 6.07) is 44.8. The minimum Gasteiger partial charge on any atom is -0.310 e. The van der Waals surface area contributed by atoms with Crippen molar-refractivity contribution >= 4 is 56.9 Å². The number of fused-ring (bicyclic) bond motifs is 3. The highest BCUT2D eigenvalue weighted by molar-refractivity contribution is 7.17. The van der Waals surface area contributed by atoms with Crippen molar-refractivity contribution in [3.63, 3.8) is 0 Å². The van der Waals surface area contributed by atoms with Crippen molar-refractivity contribution in [3.05, 3.63) is 133 Å². The van der Waals surface area contributed by atoms with E-state index in [0.29, 0.717) is 17.5 Å². The van der Waals surface area contributed by atoms with Gasteiger partial charge in [-0.3, -0.25) is 0 Å². The van der Waals surface area contributed by atoms with Crippen LogP contribution in [0.25, 0.3) is 44.2 Å². The fraction of sp³-hybridized carbons (Fsp3) is 0.0541. The largest absolute Gasteiger partial charge is 0.310 e. The molecule has 6 heteroatoms. The maximum atomic E-state index is 5.09. The van der Waals surface area contributed by atoms with Gasteiger partial charge >= 0.3 is 0 Å². The van der Waals surface area contributed by atoms with Gasteiger partial charge in [0.2, 0.25) is 0 Å². The molecule has 7 aromatic rings. The van der Waals surface area contributed by atoms with Crippen LogP contribution in [0.4, 0.5) is 17.1 Å². The van der Waals surface area contributed by atoms with Crippen LogP contribution in [0.1, 0.15) is 0 Å². The summed E-state index contributed by atoms with van der Waals surface area (Å²) < 4.78 is 1.20. The van der Waals surface area contributed by atoms with Gasteiger partial charge in [-0.1, -0.05) is 116 Å². The Morgan fingerprint density at radius 3 is 1.58 bits per heavy atom. The molecule has 1 aliphatic rings. The number of rotatable bonds is 4. The van der Waals surface area contributed by atoms with Crippen molar-refractivity contribution in [1.29, 1.82) is 0 Å². The predicted octanol–water partition coefficient (Wildman–Crippen LogP) is 8.69.